The molecule has 0 aliphatic heterocycles. The van der Waals surface area contributed by atoms with E-state index in [0.29, 0.717) is 17.8 Å². The summed E-state index contributed by atoms with van der Waals surface area (Å²) in [6, 6.07) is 6.32. The third kappa shape index (κ3) is 3.62. The lowest BCUT2D eigenvalue weighted by molar-refractivity contribution is -0.118. The molecule has 0 unspecified atom stereocenters. The average Bonchev–Trinajstić information content (AvgIpc) is 2.82. The molecule has 0 aliphatic carbocycles. The minimum absolute atomic E-state index is 0.0649. The first-order valence-corrected chi connectivity index (χ1v) is 8.14. The fraction of sp³-hybridized carbons (Fsp3) is 0.412. The van der Waals surface area contributed by atoms with E-state index in [1.54, 1.807) is 0 Å². The molecule has 110 valence electrons. The van der Waals surface area contributed by atoms with Crippen LogP contribution in [-0.2, 0) is 17.8 Å². The van der Waals surface area contributed by atoms with Crippen LogP contribution in [0.15, 0.2) is 23.2 Å². The van der Waals surface area contributed by atoms with Gasteiger partial charge in [0.25, 0.3) is 0 Å². The van der Waals surface area contributed by atoms with Gasteiger partial charge in [-0.15, -0.1) is 6.42 Å². The van der Waals surface area contributed by atoms with Crippen LogP contribution >= 0.6 is 11.3 Å². The lowest BCUT2D eigenvalue weighted by atomic mass is 10.2. The number of aryl methyl sites for hydroxylation is 1. The van der Waals surface area contributed by atoms with Crippen molar-refractivity contribution < 1.29 is 4.79 Å². The summed E-state index contributed by atoms with van der Waals surface area (Å²) in [5.74, 6) is 2.58. The summed E-state index contributed by atoms with van der Waals surface area (Å²) in [5, 5.41) is 0. The third-order valence-electron chi connectivity index (χ3n) is 3.37. The molecule has 1 aromatic heterocycles. The van der Waals surface area contributed by atoms with Crippen molar-refractivity contribution in [2.75, 3.05) is 0 Å². The Labute approximate surface area is 129 Å². The molecule has 2 aromatic rings. The minimum Gasteiger partial charge on any atom is -0.305 e. The zero-order valence-corrected chi connectivity index (χ0v) is 13.4. The SMILES string of the molecule is C#CCn1c(=NC(=O)CCCC)sc2cc(CC)ccc21. The van der Waals surface area contributed by atoms with Gasteiger partial charge >= 0.3 is 0 Å². The second kappa shape index (κ2) is 7.24. The second-order valence-electron chi connectivity index (χ2n) is 4.94. The van der Waals surface area contributed by atoms with Gasteiger partial charge in [-0.2, -0.15) is 4.99 Å². The molecule has 0 fully saturated rings. The number of terminal acetylenes is 1. The first kappa shape index (κ1) is 15.5. The third-order valence-corrected chi connectivity index (χ3v) is 4.41. The first-order valence-electron chi connectivity index (χ1n) is 7.32. The van der Waals surface area contributed by atoms with E-state index in [1.807, 2.05) is 4.57 Å². The Morgan fingerprint density at radius 3 is 2.90 bits per heavy atom. The second-order valence-corrected chi connectivity index (χ2v) is 5.95. The van der Waals surface area contributed by atoms with Gasteiger partial charge in [-0.05, 0) is 30.5 Å². The van der Waals surface area contributed by atoms with E-state index < -0.39 is 0 Å². The monoisotopic (exact) mass is 300 g/mol. The number of hydrogen-bond donors (Lipinski definition) is 0. The van der Waals surface area contributed by atoms with Crippen LogP contribution in [0.5, 0.6) is 0 Å². The molecule has 1 heterocycles. The molecule has 4 heteroatoms. The van der Waals surface area contributed by atoms with Gasteiger partial charge in [-0.3, -0.25) is 4.79 Å². The summed E-state index contributed by atoms with van der Waals surface area (Å²) in [6.07, 6.45) is 8.82. The number of rotatable bonds is 5. The van der Waals surface area contributed by atoms with E-state index in [-0.39, 0.29) is 5.91 Å². The Bertz CT molecular complexity index is 746. The van der Waals surface area contributed by atoms with E-state index in [4.69, 9.17) is 6.42 Å². The highest BCUT2D eigenvalue weighted by atomic mass is 32.1. The van der Waals surface area contributed by atoms with Crippen LogP contribution in [0.25, 0.3) is 10.2 Å². The molecular formula is C17H20N2OS. The van der Waals surface area contributed by atoms with E-state index in [2.05, 4.69) is 43.0 Å². The Kier molecular flexibility index (Phi) is 5.35. The lowest BCUT2D eigenvalue weighted by Crippen LogP contribution is -2.16. The molecule has 1 amide bonds. The molecule has 3 nitrogen and oxygen atoms in total. The van der Waals surface area contributed by atoms with Crippen LogP contribution in [0.3, 0.4) is 0 Å². The fourth-order valence-electron chi connectivity index (χ4n) is 2.16. The van der Waals surface area contributed by atoms with Crippen LogP contribution in [0, 0.1) is 12.3 Å². The van der Waals surface area contributed by atoms with Gasteiger partial charge in [0.15, 0.2) is 4.80 Å². The molecule has 0 spiro atoms. The predicted molar refractivity (Wildman–Crippen MR) is 88.1 cm³/mol. The van der Waals surface area contributed by atoms with Crippen LogP contribution in [-0.4, -0.2) is 10.5 Å². The normalized spacial score (nSPS) is 11.8. The van der Waals surface area contributed by atoms with Crippen molar-refractivity contribution >= 4 is 27.5 Å². The van der Waals surface area contributed by atoms with Crippen molar-refractivity contribution in [3.63, 3.8) is 0 Å². The van der Waals surface area contributed by atoms with Crippen LogP contribution in [0.2, 0.25) is 0 Å². The number of thiazole rings is 1. The molecule has 1 aromatic carbocycles. The Morgan fingerprint density at radius 1 is 1.43 bits per heavy atom. The van der Waals surface area contributed by atoms with Gasteiger partial charge in [-0.1, -0.05) is 43.6 Å². The van der Waals surface area contributed by atoms with Gasteiger partial charge in [-0.25, -0.2) is 0 Å². The molecule has 2 rings (SSSR count). The van der Waals surface area contributed by atoms with Crippen molar-refractivity contribution in [3.8, 4) is 12.3 Å². The fourth-order valence-corrected chi connectivity index (χ4v) is 3.27. The number of fused-ring (bicyclic) bond motifs is 1. The molecular weight excluding hydrogens is 280 g/mol. The van der Waals surface area contributed by atoms with Crippen molar-refractivity contribution in [2.24, 2.45) is 4.99 Å². The molecule has 0 aliphatic rings. The maximum atomic E-state index is 11.9. The van der Waals surface area contributed by atoms with E-state index in [1.165, 1.54) is 16.9 Å². The largest absolute Gasteiger partial charge is 0.305 e. The number of nitrogens with zero attached hydrogens (tertiary/aromatic N) is 2. The maximum Gasteiger partial charge on any atom is 0.248 e. The number of carbonyl (C=O) groups is 1. The smallest absolute Gasteiger partial charge is 0.248 e. The molecule has 0 N–H and O–H groups in total. The Morgan fingerprint density at radius 2 is 2.24 bits per heavy atom. The highest BCUT2D eigenvalue weighted by molar-refractivity contribution is 7.16. The summed E-state index contributed by atoms with van der Waals surface area (Å²) in [6.45, 7) is 4.63. The summed E-state index contributed by atoms with van der Waals surface area (Å²) in [4.78, 5) is 16.9. The number of amides is 1. The van der Waals surface area contributed by atoms with Crippen molar-refractivity contribution in [2.45, 2.75) is 46.1 Å². The topological polar surface area (TPSA) is 34.4 Å². The van der Waals surface area contributed by atoms with Crippen molar-refractivity contribution in [1.82, 2.24) is 4.57 Å². The summed E-state index contributed by atoms with van der Waals surface area (Å²) >= 11 is 1.54. The summed E-state index contributed by atoms with van der Waals surface area (Å²) < 4.78 is 3.08. The van der Waals surface area contributed by atoms with Crippen LogP contribution < -0.4 is 4.80 Å². The number of carbonyl (C=O) groups excluding carboxylic acids is 1. The molecule has 0 radical (unpaired) electrons. The van der Waals surface area contributed by atoms with E-state index >= 15 is 0 Å². The highest BCUT2D eigenvalue weighted by Gasteiger charge is 2.07. The molecule has 0 bridgehead atoms. The van der Waals surface area contributed by atoms with Gasteiger partial charge in [0, 0.05) is 6.42 Å². The van der Waals surface area contributed by atoms with E-state index in [9.17, 15) is 4.79 Å². The first-order chi connectivity index (χ1) is 10.2. The van der Waals surface area contributed by atoms with Gasteiger partial charge in [0.1, 0.15) is 0 Å². The summed E-state index contributed by atoms with van der Waals surface area (Å²) in [7, 11) is 0. The molecule has 0 saturated carbocycles. The molecule has 21 heavy (non-hydrogen) atoms. The highest BCUT2D eigenvalue weighted by Crippen LogP contribution is 2.19. The standard InChI is InChI=1S/C17H20N2OS/c1-4-7-8-16(20)18-17-19(11-5-2)14-10-9-13(6-3)12-15(14)21-17/h2,9-10,12H,4,6-8,11H2,1,3H3. The number of benzene rings is 1. The van der Waals surface area contributed by atoms with Crippen molar-refractivity contribution in [3.05, 3.63) is 28.6 Å². The maximum absolute atomic E-state index is 11.9. The lowest BCUT2D eigenvalue weighted by Gasteiger charge is -2.01. The number of aromatic nitrogens is 1. The molecule has 0 saturated heterocycles. The minimum atomic E-state index is -0.0649. The van der Waals surface area contributed by atoms with Gasteiger partial charge < -0.3 is 4.57 Å². The number of unbranched alkanes of at least 4 members (excludes halogenated alkanes) is 1. The predicted octanol–water partition coefficient (Wildman–Crippen LogP) is 3.52. The Balaban J connectivity index is 2.51. The quantitative estimate of drug-likeness (QED) is 0.778. The average molecular weight is 300 g/mol. The zero-order valence-electron chi connectivity index (χ0n) is 12.6. The Hall–Kier alpha value is -1.86. The van der Waals surface area contributed by atoms with E-state index in [0.717, 1.165) is 29.5 Å². The van der Waals surface area contributed by atoms with Crippen LogP contribution in [0.4, 0.5) is 0 Å². The number of hydrogen-bond acceptors (Lipinski definition) is 2. The van der Waals surface area contributed by atoms with Gasteiger partial charge in [0.05, 0.1) is 16.8 Å². The van der Waals surface area contributed by atoms with Crippen LogP contribution in [0.1, 0.15) is 38.7 Å². The van der Waals surface area contributed by atoms with Gasteiger partial charge in [0.2, 0.25) is 5.91 Å². The van der Waals surface area contributed by atoms with Crippen molar-refractivity contribution in [1.29, 1.82) is 0 Å². The molecule has 0 atom stereocenters. The zero-order chi connectivity index (χ0) is 15.2. The summed E-state index contributed by atoms with van der Waals surface area (Å²) in [5.41, 5.74) is 2.33.